The Morgan fingerprint density at radius 2 is 1.74 bits per heavy atom. The Bertz CT molecular complexity index is 1670. The van der Waals surface area contributed by atoms with Crippen molar-refractivity contribution in [1.29, 1.82) is 0 Å². The molecule has 0 aliphatic carbocycles. The van der Waals surface area contributed by atoms with Crippen LogP contribution in [0.25, 0.3) is 16.5 Å². The second kappa shape index (κ2) is 14.1. The molecule has 5 aromatic rings. The number of anilines is 1. The lowest BCUT2D eigenvalue weighted by Crippen LogP contribution is -2.12. The van der Waals surface area contributed by atoms with Crippen LogP contribution in [0, 0.1) is 0 Å². The quantitative estimate of drug-likeness (QED) is 0.0953. The zero-order chi connectivity index (χ0) is 30.0. The molecule has 2 aromatic heterocycles. The van der Waals surface area contributed by atoms with Gasteiger partial charge in [0.05, 0.1) is 24.6 Å². The molecule has 7 heteroatoms. The van der Waals surface area contributed by atoms with E-state index in [1.807, 2.05) is 61.7 Å². The molecule has 0 aliphatic rings. The summed E-state index contributed by atoms with van der Waals surface area (Å²) in [6.45, 7) is 4.41. The number of carbonyl (C=O) groups excluding carboxylic acids is 2. The van der Waals surface area contributed by atoms with E-state index in [-0.39, 0.29) is 24.3 Å². The van der Waals surface area contributed by atoms with Crippen molar-refractivity contribution in [3.05, 3.63) is 132 Å². The van der Waals surface area contributed by atoms with Gasteiger partial charge in [-0.3, -0.25) is 14.6 Å². The van der Waals surface area contributed by atoms with Crippen LogP contribution in [0.3, 0.4) is 0 Å². The van der Waals surface area contributed by atoms with Crippen molar-refractivity contribution in [3.8, 4) is 5.75 Å². The summed E-state index contributed by atoms with van der Waals surface area (Å²) in [5.41, 5.74) is 5.56. The fourth-order valence-corrected chi connectivity index (χ4v) is 5.06. The van der Waals surface area contributed by atoms with Crippen LogP contribution in [0.1, 0.15) is 49.6 Å². The highest BCUT2D eigenvalue weighted by Crippen LogP contribution is 2.31. The van der Waals surface area contributed by atoms with Gasteiger partial charge >= 0.3 is 5.97 Å². The number of nitrogens with one attached hydrogen (secondary N) is 1. The van der Waals surface area contributed by atoms with E-state index in [4.69, 9.17) is 9.47 Å². The van der Waals surface area contributed by atoms with Gasteiger partial charge in [-0.05, 0) is 79.4 Å². The van der Waals surface area contributed by atoms with Crippen LogP contribution in [0.5, 0.6) is 5.75 Å². The summed E-state index contributed by atoms with van der Waals surface area (Å²) < 4.78 is 13.0. The first-order chi connectivity index (χ1) is 21.0. The largest absolute Gasteiger partial charge is 0.491 e. The number of carbonyl (C=O) groups is 2. The van der Waals surface area contributed by atoms with Crippen LogP contribution in [0.4, 0.5) is 5.69 Å². The molecule has 218 valence electrons. The van der Waals surface area contributed by atoms with Crippen molar-refractivity contribution in [2.75, 3.05) is 18.5 Å². The fraction of sp³-hybridized carbons (Fsp3) is 0.194. The van der Waals surface area contributed by atoms with Crippen molar-refractivity contribution in [1.82, 2.24) is 9.55 Å². The molecule has 2 heterocycles. The molecular weight excluding hydrogens is 538 g/mol. The van der Waals surface area contributed by atoms with Gasteiger partial charge in [0, 0.05) is 35.8 Å². The van der Waals surface area contributed by atoms with Gasteiger partial charge in [0.2, 0.25) is 5.91 Å². The maximum Gasteiger partial charge on any atom is 0.305 e. The first-order valence-electron chi connectivity index (χ1n) is 14.5. The lowest BCUT2D eigenvalue weighted by Gasteiger charge is -2.20. The first kappa shape index (κ1) is 29.3. The lowest BCUT2D eigenvalue weighted by molar-refractivity contribution is -0.143. The summed E-state index contributed by atoms with van der Waals surface area (Å²) in [4.78, 5) is 29.2. The average Bonchev–Trinajstić information content (AvgIpc) is 3.44. The first-order valence-corrected chi connectivity index (χ1v) is 14.5. The van der Waals surface area contributed by atoms with E-state index in [1.165, 1.54) is 0 Å². The van der Waals surface area contributed by atoms with E-state index in [2.05, 4.69) is 57.5 Å². The summed E-state index contributed by atoms with van der Waals surface area (Å²) >= 11 is 0. The average molecular weight is 574 g/mol. The highest BCUT2D eigenvalue weighted by atomic mass is 16.5. The molecule has 0 spiro atoms. The number of amides is 1. The minimum Gasteiger partial charge on any atom is -0.491 e. The third-order valence-corrected chi connectivity index (χ3v) is 7.12. The number of rotatable bonds is 12. The molecule has 0 bridgehead atoms. The molecule has 1 amide bonds. The highest BCUT2D eigenvalue weighted by molar-refractivity contribution is 6.05. The van der Waals surface area contributed by atoms with E-state index in [9.17, 15) is 9.59 Å². The molecule has 1 atom stereocenters. The Morgan fingerprint density at radius 1 is 0.953 bits per heavy atom. The van der Waals surface area contributed by atoms with Gasteiger partial charge in [-0.15, -0.1) is 0 Å². The van der Waals surface area contributed by atoms with Crippen LogP contribution in [-0.2, 0) is 14.3 Å². The molecule has 43 heavy (non-hydrogen) atoms. The van der Waals surface area contributed by atoms with Gasteiger partial charge in [-0.25, -0.2) is 0 Å². The van der Waals surface area contributed by atoms with E-state index >= 15 is 0 Å². The summed E-state index contributed by atoms with van der Waals surface area (Å²) in [6, 6.07) is 31.9. The topological polar surface area (TPSA) is 82.5 Å². The van der Waals surface area contributed by atoms with Crippen molar-refractivity contribution in [3.63, 3.8) is 0 Å². The molecule has 0 fully saturated rings. The Morgan fingerprint density at radius 3 is 2.53 bits per heavy atom. The van der Waals surface area contributed by atoms with Crippen LogP contribution >= 0.6 is 0 Å². The number of nitrogens with zero attached hydrogens (tertiary/aromatic N) is 2. The monoisotopic (exact) mass is 573 g/mol. The minimum absolute atomic E-state index is 0.0689. The summed E-state index contributed by atoms with van der Waals surface area (Å²) in [6.07, 6.45) is 6.32. The Balaban J connectivity index is 1.31. The number of esters is 1. The standard InChI is InChI=1S/C36H35N3O4/c1-3-42-35(41)17-11-23-43-33-16-8-7-14-30(33)38-34(40)24-26(2)28-18-19-32-29(25-28)20-22-39(32)36(27-12-5-4-6-13-27)31-15-9-10-21-37-31/h4-10,12-16,18-22,24-25,36H,3,11,17,23H2,1-2H3,(H,38,40)/b26-24+. The van der Waals surface area contributed by atoms with Crippen LogP contribution in [0.15, 0.2) is 116 Å². The van der Waals surface area contributed by atoms with E-state index in [1.54, 1.807) is 25.1 Å². The Kier molecular flexibility index (Phi) is 9.64. The smallest absolute Gasteiger partial charge is 0.305 e. The summed E-state index contributed by atoms with van der Waals surface area (Å²) in [5, 5.41) is 4.00. The van der Waals surface area contributed by atoms with Gasteiger partial charge in [0.1, 0.15) is 11.8 Å². The normalized spacial score (nSPS) is 12.1. The lowest BCUT2D eigenvalue weighted by atomic mass is 10.0. The van der Waals surface area contributed by atoms with Crippen LogP contribution in [-0.4, -0.2) is 34.6 Å². The second-order valence-electron chi connectivity index (χ2n) is 10.1. The SMILES string of the molecule is CCOC(=O)CCCOc1ccccc1NC(=O)/C=C(\C)c1ccc2c(ccn2C(c2ccccc2)c2ccccn2)c1. The molecule has 0 radical (unpaired) electrons. The number of pyridine rings is 1. The maximum absolute atomic E-state index is 13.0. The number of ether oxygens (including phenoxy) is 2. The predicted octanol–water partition coefficient (Wildman–Crippen LogP) is 7.44. The zero-order valence-corrected chi connectivity index (χ0v) is 24.4. The fourth-order valence-electron chi connectivity index (χ4n) is 5.06. The predicted molar refractivity (Wildman–Crippen MR) is 170 cm³/mol. The number of hydrogen-bond donors (Lipinski definition) is 1. The molecule has 0 saturated heterocycles. The number of fused-ring (bicyclic) bond motifs is 1. The van der Waals surface area contributed by atoms with Gasteiger partial charge in [-0.1, -0.05) is 54.6 Å². The highest BCUT2D eigenvalue weighted by Gasteiger charge is 2.19. The third kappa shape index (κ3) is 7.38. The second-order valence-corrected chi connectivity index (χ2v) is 10.1. The van der Waals surface area contributed by atoms with Gasteiger partial charge in [-0.2, -0.15) is 0 Å². The molecule has 0 saturated carbocycles. The van der Waals surface area contributed by atoms with Crippen LogP contribution < -0.4 is 10.1 Å². The maximum atomic E-state index is 13.0. The van der Waals surface area contributed by atoms with Gasteiger partial charge in [0.15, 0.2) is 0 Å². The van der Waals surface area contributed by atoms with Gasteiger partial charge < -0.3 is 19.4 Å². The van der Waals surface area contributed by atoms with Crippen LogP contribution in [0.2, 0.25) is 0 Å². The molecule has 3 aromatic carbocycles. The Labute approximate surface area is 251 Å². The summed E-state index contributed by atoms with van der Waals surface area (Å²) in [5.74, 6) is 0.0544. The van der Waals surface area contributed by atoms with Gasteiger partial charge in [0.25, 0.3) is 0 Å². The Hall–Kier alpha value is -5.17. The van der Waals surface area contributed by atoms with E-state index in [0.717, 1.165) is 33.3 Å². The molecule has 0 aliphatic heterocycles. The van der Waals surface area contributed by atoms with Crippen molar-refractivity contribution in [2.45, 2.75) is 32.7 Å². The molecule has 5 rings (SSSR count). The van der Waals surface area contributed by atoms with Crippen molar-refractivity contribution < 1.29 is 19.1 Å². The molecule has 7 nitrogen and oxygen atoms in total. The van der Waals surface area contributed by atoms with E-state index < -0.39 is 0 Å². The van der Waals surface area contributed by atoms with Crippen molar-refractivity contribution >= 4 is 34.0 Å². The number of para-hydroxylation sites is 2. The van der Waals surface area contributed by atoms with Crippen molar-refractivity contribution in [2.24, 2.45) is 0 Å². The number of aromatic nitrogens is 2. The third-order valence-electron chi connectivity index (χ3n) is 7.12. The molecule has 1 unspecified atom stereocenters. The molecular formula is C36H35N3O4. The number of allylic oxidation sites excluding steroid dienone is 1. The minimum atomic E-state index is -0.253. The molecule has 1 N–H and O–H groups in total. The number of benzene rings is 3. The zero-order valence-electron chi connectivity index (χ0n) is 24.4. The summed E-state index contributed by atoms with van der Waals surface area (Å²) in [7, 11) is 0. The van der Waals surface area contributed by atoms with E-state index in [0.29, 0.717) is 31.1 Å². The number of hydrogen-bond acceptors (Lipinski definition) is 5.